The summed E-state index contributed by atoms with van der Waals surface area (Å²) in [5.74, 6) is 0. The zero-order chi connectivity index (χ0) is 25.1. The van der Waals surface area contributed by atoms with Gasteiger partial charge in [-0.3, -0.25) is 0 Å². The van der Waals surface area contributed by atoms with Crippen molar-refractivity contribution in [2.75, 3.05) is 0 Å². The van der Waals surface area contributed by atoms with Crippen molar-refractivity contribution in [3.05, 3.63) is 153 Å². The van der Waals surface area contributed by atoms with Gasteiger partial charge in [0.05, 0.1) is 0 Å². The smallest absolute Gasteiger partial charge is 0.0675 e. The molecular formula is C36H32Si. The zero-order valence-electron chi connectivity index (χ0n) is 21.8. The largest absolute Gasteiger partial charge is 0.121 e. The summed E-state index contributed by atoms with van der Waals surface area (Å²) in [5.41, 5.74) is 14.5. The second-order valence-electron chi connectivity index (χ2n) is 11.1. The van der Waals surface area contributed by atoms with Crippen LogP contribution in [0, 0.1) is 0 Å². The normalized spacial score (nSPS) is 22.9. The zero-order valence-corrected chi connectivity index (χ0v) is 22.8. The average molecular weight is 493 g/mol. The Labute approximate surface area is 221 Å². The molecule has 3 aliphatic carbocycles. The quantitative estimate of drug-likeness (QED) is 0.250. The Kier molecular flexibility index (Phi) is 5.13. The van der Waals surface area contributed by atoms with Gasteiger partial charge in [0.15, 0.2) is 0 Å². The van der Waals surface area contributed by atoms with Crippen molar-refractivity contribution in [2.45, 2.75) is 37.4 Å². The molecule has 0 aliphatic heterocycles. The van der Waals surface area contributed by atoms with Crippen molar-refractivity contribution < 1.29 is 0 Å². The lowest BCUT2D eigenvalue weighted by molar-refractivity contribution is 0.898. The minimum Gasteiger partial charge on any atom is -0.0675 e. The Hall–Kier alpha value is -3.68. The summed E-state index contributed by atoms with van der Waals surface area (Å²) in [6.07, 6.45) is 7.43. The second-order valence-corrected chi connectivity index (χ2v) is 15.3. The van der Waals surface area contributed by atoms with Crippen LogP contribution in [-0.2, 0) is 0 Å². The van der Waals surface area contributed by atoms with E-state index in [9.17, 15) is 0 Å². The van der Waals surface area contributed by atoms with Crippen molar-refractivity contribution in [1.29, 1.82) is 0 Å². The summed E-state index contributed by atoms with van der Waals surface area (Å²) in [7, 11) is -2.52. The lowest BCUT2D eigenvalue weighted by Crippen LogP contribution is -2.63. The van der Waals surface area contributed by atoms with Gasteiger partial charge in [-0.15, -0.1) is 0 Å². The third kappa shape index (κ3) is 3.14. The van der Waals surface area contributed by atoms with Crippen LogP contribution in [0.1, 0.15) is 70.8 Å². The van der Waals surface area contributed by atoms with Crippen LogP contribution in [0.15, 0.2) is 120 Å². The summed E-state index contributed by atoms with van der Waals surface area (Å²) in [6, 6.07) is 39.2. The number of rotatable bonds is 4. The Balaban J connectivity index is 1.64. The predicted molar refractivity (Wildman–Crippen MR) is 160 cm³/mol. The van der Waals surface area contributed by atoms with Gasteiger partial charge in [0.2, 0.25) is 0 Å². The lowest BCUT2D eigenvalue weighted by Gasteiger charge is -2.50. The topological polar surface area (TPSA) is 0 Å². The Bertz CT molecular complexity index is 1450. The van der Waals surface area contributed by atoms with E-state index in [4.69, 9.17) is 0 Å². The van der Waals surface area contributed by atoms with E-state index in [2.05, 4.69) is 142 Å². The number of fused-ring (bicyclic) bond motifs is 3. The van der Waals surface area contributed by atoms with E-state index in [0.717, 1.165) is 0 Å². The summed E-state index contributed by atoms with van der Waals surface area (Å²) in [6.45, 7) is 7.19. The minimum absolute atomic E-state index is 0.394. The van der Waals surface area contributed by atoms with Crippen LogP contribution in [0.25, 0.3) is 18.2 Å². The van der Waals surface area contributed by atoms with Gasteiger partial charge in [0, 0.05) is 16.6 Å². The molecule has 1 heteroatoms. The first kappa shape index (κ1) is 22.5. The molecule has 3 atom stereocenters. The minimum atomic E-state index is -2.52. The standard InChI is InChI=1S/C36H32Si/c1-24-21-27-13-7-10-18-31(27)34(24)37(30-16-5-4-6-17-30,35-25(2)22-28-14-8-11-19-32(28)35)36-26(3)23-29-15-9-12-20-33(29)36/h4-23,34-36H,1-3H3. The fourth-order valence-electron chi connectivity index (χ4n) is 8.07. The number of hydrogen-bond donors (Lipinski definition) is 0. The third-order valence-corrected chi connectivity index (χ3v) is 15.6. The number of benzene rings is 4. The predicted octanol–water partition coefficient (Wildman–Crippen LogP) is 8.56. The van der Waals surface area contributed by atoms with Gasteiger partial charge < -0.3 is 0 Å². The van der Waals surface area contributed by atoms with Crippen molar-refractivity contribution in [3.63, 3.8) is 0 Å². The highest BCUT2D eigenvalue weighted by atomic mass is 28.3. The molecule has 0 saturated heterocycles. The highest BCUT2D eigenvalue weighted by Gasteiger charge is 2.60. The molecule has 0 heterocycles. The molecular weight excluding hydrogens is 460 g/mol. The summed E-state index contributed by atoms with van der Waals surface area (Å²) in [5, 5.41) is 1.56. The van der Waals surface area contributed by atoms with E-state index >= 15 is 0 Å². The lowest BCUT2D eigenvalue weighted by atomic mass is 10.1. The number of allylic oxidation sites excluding steroid dienone is 3. The molecule has 0 aromatic heterocycles. The molecule has 4 aromatic rings. The van der Waals surface area contributed by atoms with Crippen LogP contribution in [-0.4, -0.2) is 8.07 Å². The summed E-state index contributed by atoms with van der Waals surface area (Å²) >= 11 is 0. The summed E-state index contributed by atoms with van der Waals surface area (Å²) in [4.78, 5) is 0. The maximum Gasteiger partial charge on any atom is 0.121 e. The monoisotopic (exact) mass is 492 g/mol. The van der Waals surface area contributed by atoms with Crippen molar-refractivity contribution in [1.82, 2.24) is 0 Å². The van der Waals surface area contributed by atoms with Crippen molar-refractivity contribution in [3.8, 4) is 0 Å². The van der Waals surface area contributed by atoms with Gasteiger partial charge in [-0.2, -0.15) is 0 Å². The van der Waals surface area contributed by atoms with Crippen molar-refractivity contribution >= 4 is 31.5 Å². The highest BCUT2D eigenvalue weighted by Crippen LogP contribution is 2.59. The van der Waals surface area contributed by atoms with Gasteiger partial charge in [-0.1, -0.05) is 143 Å². The first-order valence-electron chi connectivity index (χ1n) is 13.5. The van der Waals surface area contributed by atoms with Gasteiger partial charge in [0.25, 0.3) is 0 Å². The molecule has 4 aromatic carbocycles. The van der Waals surface area contributed by atoms with Gasteiger partial charge in [-0.25, -0.2) is 0 Å². The second kappa shape index (κ2) is 8.43. The van der Waals surface area contributed by atoms with E-state index in [1.54, 1.807) is 5.19 Å². The van der Waals surface area contributed by atoms with Gasteiger partial charge in [0.1, 0.15) is 8.07 Å². The van der Waals surface area contributed by atoms with Crippen LogP contribution in [0.4, 0.5) is 0 Å². The molecule has 7 rings (SSSR count). The first-order chi connectivity index (χ1) is 18.1. The Morgan fingerprint density at radius 2 is 0.730 bits per heavy atom. The average Bonchev–Trinajstić information content (AvgIpc) is 3.56. The first-order valence-corrected chi connectivity index (χ1v) is 15.7. The Morgan fingerprint density at radius 3 is 1.11 bits per heavy atom. The fourth-order valence-corrected chi connectivity index (χ4v) is 15.7. The third-order valence-electron chi connectivity index (χ3n) is 9.14. The van der Waals surface area contributed by atoms with Gasteiger partial charge in [-0.05, 0) is 54.2 Å². The SMILES string of the molecule is CC1=Cc2ccccc2C1[Si](c1ccccc1)(C1C(C)=Cc2ccccc21)C1C(C)=Cc2ccccc21. The fraction of sp³-hybridized carbons (Fsp3) is 0.167. The van der Waals surface area contributed by atoms with Crippen LogP contribution in [0.5, 0.6) is 0 Å². The van der Waals surface area contributed by atoms with E-state index < -0.39 is 8.07 Å². The molecule has 3 aliphatic rings. The van der Waals surface area contributed by atoms with E-state index in [1.807, 2.05) is 0 Å². The van der Waals surface area contributed by atoms with Crippen LogP contribution in [0.3, 0.4) is 0 Å². The van der Waals surface area contributed by atoms with E-state index in [1.165, 1.54) is 50.1 Å². The molecule has 37 heavy (non-hydrogen) atoms. The molecule has 0 saturated carbocycles. The molecule has 0 amide bonds. The maximum atomic E-state index is 2.48. The molecule has 0 radical (unpaired) electrons. The Morgan fingerprint density at radius 1 is 0.405 bits per heavy atom. The molecule has 0 spiro atoms. The van der Waals surface area contributed by atoms with Crippen LogP contribution < -0.4 is 5.19 Å². The maximum absolute atomic E-state index is 2.52. The number of hydrogen-bond acceptors (Lipinski definition) is 0. The van der Waals surface area contributed by atoms with E-state index in [-0.39, 0.29) is 0 Å². The van der Waals surface area contributed by atoms with E-state index in [0.29, 0.717) is 16.6 Å². The molecule has 0 fully saturated rings. The van der Waals surface area contributed by atoms with Gasteiger partial charge >= 0.3 is 0 Å². The van der Waals surface area contributed by atoms with Crippen molar-refractivity contribution in [2.24, 2.45) is 0 Å². The van der Waals surface area contributed by atoms with Crippen LogP contribution >= 0.6 is 0 Å². The highest BCUT2D eigenvalue weighted by molar-refractivity contribution is 6.97. The molecule has 180 valence electrons. The molecule has 0 bridgehead atoms. The molecule has 0 nitrogen and oxygen atoms in total. The van der Waals surface area contributed by atoms with Crippen LogP contribution in [0.2, 0.25) is 0 Å². The molecule has 0 N–H and O–H groups in total. The molecule has 3 unspecified atom stereocenters. The summed E-state index contributed by atoms with van der Waals surface area (Å²) < 4.78 is 0.